The van der Waals surface area contributed by atoms with Gasteiger partial charge in [-0.2, -0.15) is 0 Å². The molecule has 1 saturated heterocycles. The molecule has 31 heavy (non-hydrogen) atoms. The van der Waals surface area contributed by atoms with E-state index >= 15 is 0 Å². The van der Waals surface area contributed by atoms with Gasteiger partial charge in [0.2, 0.25) is 12.2 Å². The van der Waals surface area contributed by atoms with Gasteiger partial charge in [0.1, 0.15) is 5.82 Å². The summed E-state index contributed by atoms with van der Waals surface area (Å²) < 4.78 is 24.3. The normalized spacial score (nSPS) is 20.8. The van der Waals surface area contributed by atoms with Crippen molar-refractivity contribution < 1.29 is 28.2 Å². The number of carbonyl (C=O) groups is 3. The van der Waals surface area contributed by atoms with E-state index in [2.05, 4.69) is 0 Å². The minimum atomic E-state index is -1.04. The van der Waals surface area contributed by atoms with Gasteiger partial charge in [0.25, 0.3) is 0 Å². The number of nitrogens with zero attached hydrogens (tertiary/aromatic N) is 1. The SMILES string of the molecule is CCC(CC)(C(=O)OC(C)OC(C)=O)[C@H]1CC[C@@H](c2cccc(F)c2)N1C(=O)[C@@H](C)N. The van der Waals surface area contributed by atoms with E-state index in [0.717, 1.165) is 0 Å². The van der Waals surface area contributed by atoms with Crippen LogP contribution < -0.4 is 5.73 Å². The smallest absolute Gasteiger partial charge is 0.317 e. The molecule has 0 aromatic heterocycles. The molecular weight excluding hydrogens is 403 g/mol. The van der Waals surface area contributed by atoms with Crippen molar-refractivity contribution in [1.29, 1.82) is 0 Å². The molecule has 1 aromatic carbocycles. The Bertz CT molecular complexity index is 809. The lowest BCUT2D eigenvalue weighted by molar-refractivity contribution is -0.194. The van der Waals surface area contributed by atoms with Crippen molar-refractivity contribution in [2.24, 2.45) is 11.1 Å². The zero-order chi connectivity index (χ0) is 23.3. The molecule has 1 fully saturated rings. The molecule has 1 amide bonds. The highest BCUT2D eigenvalue weighted by atomic mass is 19.1. The molecule has 0 bridgehead atoms. The van der Waals surface area contributed by atoms with Gasteiger partial charge < -0.3 is 20.1 Å². The Kier molecular flexibility index (Phi) is 8.17. The summed E-state index contributed by atoms with van der Waals surface area (Å²) in [6.45, 7) is 8.04. The van der Waals surface area contributed by atoms with Gasteiger partial charge in [0, 0.05) is 19.9 Å². The van der Waals surface area contributed by atoms with Gasteiger partial charge in [0.05, 0.1) is 17.5 Å². The summed E-state index contributed by atoms with van der Waals surface area (Å²) in [6.07, 6.45) is 0.900. The number of halogens is 1. The van der Waals surface area contributed by atoms with Crippen LogP contribution in [0.4, 0.5) is 4.39 Å². The number of hydrogen-bond acceptors (Lipinski definition) is 6. The summed E-state index contributed by atoms with van der Waals surface area (Å²) in [6, 6.07) is 4.49. The maximum Gasteiger partial charge on any atom is 0.317 e. The summed E-state index contributed by atoms with van der Waals surface area (Å²) in [5.74, 6) is -1.77. The first-order valence-corrected chi connectivity index (χ1v) is 10.8. The van der Waals surface area contributed by atoms with Crippen LogP contribution in [-0.4, -0.2) is 41.1 Å². The monoisotopic (exact) mass is 436 g/mol. The molecule has 2 rings (SSSR count). The van der Waals surface area contributed by atoms with Gasteiger partial charge in [-0.25, -0.2) is 4.39 Å². The van der Waals surface area contributed by atoms with Crippen molar-refractivity contribution in [3.63, 3.8) is 0 Å². The van der Waals surface area contributed by atoms with Crippen LogP contribution in [0.2, 0.25) is 0 Å². The second kappa shape index (κ2) is 10.2. The second-order valence-corrected chi connectivity index (χ2v) is 8.14. The maximum absolute atomic E-state index is 13.9. The van der Waals surface area contributed by atoms with Crippen molar-refractivity contribution in [2.45, 2.75) is 84.7 Å². The Balaban J connectivity index is 2.45. The number of likely N-dealkylation sites (tertiary alicyclic amines) is 1. The van der Waals surface area contributed by atoms with Crippen LogP contribution in [0.25, 0.3) is 0 Å². The number of ether oxygens (including phenoxy) is 2. The highest BCUT2D eigenvalue weighted by molar-refractivity contribution is 5.85. The molecule has 0 radical (unpaired) electrons. The zero-order valence-corrected chi connectivity index (χ0v) is 18.9. The maximum atomic E-state index is 13.9. The zero-order valence-electron chi connectivity index (χ0n) is 18.9. The van der Waals surface area contributed by atoms with Crippen molar-refractivity contribution >= 4 is 17.8 Å². The Morgan fingerprint density at radius 1 is 1.19 bits per heavy atom. The minimum absolute atomic E-state index is 0.302. The van der Waals surface area contributed by atoms with Gasteiger partial charge in [-0.15, -0.1) is 0 Å². The van der Waals surface area contributed by atoms with Crippen LogP contribution in [0.15, 0.2) is 24.3 Å². The highest BCUT2D eigenvalue weighted by Crippen LogP contribution is 2.47. The summed E-state index contributed by atoms with van der Waals surface area (Å²) in [5, 5.41) is 0. The first-order chi connectivity index (χ1) is 14.6. The van der Waals surface area contributed by atoms with E-state index < -0.39 is 41.8 Å². The molecule has 4 atom stereocenters. The topological polar surface area (TPSA) is 98.9 Å². The first kappa shape index (κ1) is 24.8. The molecule has 0 spiro atoms. The molecule has 7 nitrogen and oxygen atoms in total. The highest BCUT2D eigenvalue weighted by Gasteiger charge is 2.53. The molecule has 1 unspecified atom stereocenters. The second-order valence-electron chi connectivity index (χ2n) is 8.14. The molecule has 8 heteroatoms. The Hall–Kier alpha value is -2.48. The fourth-order valence-corrected chi connectivity index (χ4v) is 4.61. The van der Waals surface area contributed by atoms with Gasteiger partial charge in [-0.05, 0) is 50.3 Å². The van der Waals surface area contributed by atoms with E-state index in [9.17, 15) is 18.8 Å². The standard InChI is InChI=1S/C23H33FN2O5/c1-6-23(7-2,22(29)31-16(5)30-15(4)27)20-12-11-19(26(20)21(28)14(3)25)17-9-8-10-18(24)13-17/h8-10,13-14,16,19-20H,6-7,11-12,25H2,1-5H3/t14-,16?,19+,20-/m1/s1. The lowest BCUT2D eigenvalue weighted by Gasteiger charge is -2.42. The molecule has 172 valence electrons. The van der Waals surface area contributed by atoms with Gasteiger partial charge >= 0.3 is 11.9 Å². The third kappa shape index (κ3) is 5.23. The average Bonchev–Trinajstić information content (AvgIpc) is 3.13. The van der Waals surface area contributed by atoms with Crippen molar-refractivity contribution in [1.82, 2.24) is 4.90 Å². The predicted molar refractivity (Wildman–Crippen MR) is 113 cm³/mol. The fourth-order valence-electron chi connectivity index (χ4n) is 4.61. The van der Waals surface area contributed by atoms with E-state index in [-0.39, 0.29) is 11.7 Å². The van der Waals surface area contributed by atoms with Crippen LogP contribution in [-0.2, 0) is 23.9 Å². The number of carbonyl (C=O) groups excluding carboxylic acids is 3. The largest absolute Gasteiger partial charge is 0.426 e. The third-order valence-electron chi connectivity index (χ3n) is 6.17. The Morgan fingerprint density at radius 2 is 1.84 bits per heavy atom. The number of rotatable bonds is 8. The van der Waals surface area contributed by atoms with Gasteiger partial charge in [-0.1, -0.05) is 26.0 Å². The predicted octanol–water partition coefficient (Wildman–Crippen LogP) is 3.46. The van der Waals surface area contributed by atoms with Crippen molar-refractivity contribution in [2.75, 3.05) is 0 Å². The van der Waals surface area contributed by atoms with E-state index in [1.165, 1.54) is 26.0 Å². The van der Waals surface area contributed by atoms with Crippen LogP contribution in [0.3, 0.4) is 0 Å². The Labute approximate surface area is 183 Å². The quantitative estimate of drug-likeness (QED) is 0.495. The lowest BCUT2D eigenvalue weighted by Crippen LogP contribution is -2.55. The number of benzene rings is 1. The number of esters is 2. The van der Waals surface area contributed by atoms with Crippen molar-refractivity contribution in [3.8, 4) is 0 Å². The van der Waals surface area contributed by atoms with E-state index in [1.54, 1.807) is 24.0 Å². The summed E-state index contributed by atoms with van der Waals surface area (Å²) >= 11 is 0. The van der Waals surface area contributed by atoms with Crippen LogP contribution in [0.5, 0.6) is 0 Å². The van der Waals surface area contributed by atoms with E-state index in [4.69, 9.17) is 15.2 Å². The van der Waals surface area contributed by atoms with Crippen molar-refractivity contribution in [3.05, 3.63) is 35.6 Å². The fraction of sp³-hybridized carbons (Fsp3) is 0.609. The minimum Gasteiger partial charge on any atom is -0.426 e. The van der Waals surface area contributed by atoms with Crippen LogP contribution in [0, 0.1) is 11.2 Å². The molecular formula is C23H33FN2O5. The molecule has 2 N–H and O–H groups in total. The number of hydrogen-bond donors (Lipinski definition) is 1. The molecule has 1 aliphatic rings. The van der Waals surface area contributed by atoms with Crippen LogP contribution in [0.1, 0.15) is 71.9 Å². The molecule has 0 aliphatic carbocycles. The summed E-state index contributed by atoms with van der Waals surface area (Å²) in [7, 11) is 0. The average molecular weight is 437 g/mol. The third-order valence-corrected chi connectivity index (χ3v) is 6.17. The molecule has 1 aromatic rings. The first-order valence-electron chi connectivity index (χ1n) is 10.8. The number of amides is 1. The van der Waals surface area contributed by atoms with Crippen LogP contribution >= 0.6 is 0 Å². The summed E-state index contributed by atoms with van der Waals surface area (Å²) in [5.41, 5.74) is 5.60. The van der Waals surface area contributed by atoms with Gasteiger partial charge in [0.15, 0.2) is 0 Å². The van der Waals surface area contributed by atoms with E-state index in [1.807, 2.05) is 13.8 Å². The molecule has 1 heterocycles. The Morgan fingerprint density at radius 3 is 2.35 bits per heavy atom. The molecule has 1 aliphatic heterocycles. The molecule has 0 saturated carbocycles. The van der Waals surface area contributed by atoms with E-state index in [0.29, 0.717) is 31.2 Å². The lowest BCUT2D eigenvalue weighted by atomic mass is 9.74. The van der Waals surface area contributed by atoms with Gasteiger partial charge in [-0.3, -0.25) is 14.4 Å². The number of nitrogens with two attached hydrogens (primary N) is 1. The summed E-state index contributed by atoms with van der Waals surface area (Å²) in [4.78, 5) is 39.3.